The van der Waals surface area contributed by atoms with Crippen LogP contribution >= 0.6 is 0 Å². The monoisotopic (exact) mass is 484 g/mol. The summed E-state index contributed by atoms with van der Waals surface area (Å²) in [5, 5.41) is 3.07. The number of piperidine rings is 1. The van der Waals surface area contributed by atoms with Gasteiger partial charge < -0.3 is 14.6 Å². The lowest BCUT2D eigenvalue weighted by molar-refractivity contribution is -0.138. The highest BCUT2D eigenvalue weighted by Gasteiger charge is 2.58. The van der Waals surface area contributed by atoms with Gasteiger partial charge in [-0.25, -0.2) is 0 Å². The molecule has 0 bridgehead atoms. The van der Waals surface area contributed by atoms with Crippen LogP contribution in [0.3, 0.4) is 0 Å². The van der Waals surface area contributed by atoms with Crippen LogP contribution in [0.2, 0.25) is 0 Å². The quantitative estimate of drug-likeness (QED) is 0.597. The van der Waals surface area contributed by atoms with Crippen LogP contribution in [0.5, 0.6) is 0 Å². The summed E-state index contributed by atoms with van der Waals surface area (Å²) in [7, 11) is 0. The number of likely N-dealkylation sites (tertiary alicyclic amines) is 1. The van der Waals surface area contributed by atoms with Crippen LogP contribution in [0, 0.1) is 11.3 Å². The third-order valence-corrected chi connectivity index (χ3v) is 7.17. The Balaban J connectivity index is 1.19. The second-order valence-electron chi connectivity index (χ2n) is 9.26. The molecule has 5 rings (SSSR count). The molecule has 0 radical (unpaired) electrons. The number of nitrogens with zero attached hydrogens (tertiary/aromatic N) is 1. The predicted octanol–water partition coefficient (Wildman–Crippen LogP) is 4.37. The van der Waals surface area contributed by atoms with Gasteiger partial charge in [-0.3, -0.25) is 14.4 Å². The minimum Gasteiger partial charge on any atom is -0.451 e. The summed E-state index contributed by atoms with van der Waals surface area (Å²) in [6.07, 6.45) is -2.62. The number of amides is 2. The number of fused-ring (bicyclic) bond motifs is 1. The third kappa shape index (κ3) is 4.42. The third-order valence-electron chi connectivity index (χ3n) is 7.17. The highest BCUT2D eigenvalue weighted by molar-refractivity contribution is 5.93. The van der Waals surface area contributed by atoms with Gasteiger partial charge in [0.2, 0.25) is 5.91 Å². The Morgan fingerprint density at radius 1 is 1.06 bits per heavy atom. The van der Waals surface area contributed by atoms with Gasteiger partial charge in [-0.1, -0.05) is 30.3 Å². The fraction of sp³-hybridized carbons (Fsp3) is 0.346. The van der Waals surface area contributed by atoms with E-state index in [1.807, 2.05) is 0 Å². The van der Waals surface area contributed by atoms with Crippen molar-refractivity contribution in [3.05, 3.63) is 81.7 Å². The molecule has 9 heteroatoms. The minimum atomic E-state index is -4.48. The molecule has 1 aromatic heterocycles. The molecule has 2 heterocycles. The molecule has 1 unspecified atom stereocenters. The summed E-state index contributed by atoms with van der Waals surface area (Å²) in [6, 6.07) is 13.1. The molecule has 2 amide bonds. The van der Waals surface area contributed by atoms with Crippen LogP contribution in [0.4, 0.5) is 13.2 Å². The number of carbonyl (C=O) groups excluding carboxylic acids is 2. The van der Waals surface area contributed by atoms with Crippen molar-refractivity contribution in [1.29, 1.82) is 0 Å². The number of carbonyl (C=O) groups is 2. The van der Waals surface area contributed by atoms with Crippen LogP contribution in [0.25, 0.3) is 11.0 Å². The fourth-order valence-corrected chi connectivity index (χ4v) is 5.05. The number of para-hydroxylation sites is 1. The lowest BCUT2D eigenvalue weighted by Crippen LogP contribution is -2.40. The summed E-state index contributed by atoms with van der Waals surface area (Å²) in [4.78, 5) is 39.6. The van der Waals surface area contributed by atoms with Crippen LogP contribution in [-0.2, 0) is 17.5 Å². The Bertz CT molecular complexity index is 1360. The first kappa shape index (κ1) is 23.1. The molecule has 1 spiro atoms. The molecular weight excluding hydrogens is 461 g/mol. The lowest BCUT2D eigenvalue weighted by atomic mass is 9.90. The number of hydrogen-bond acceptors (Lipinski definition) is 4. The minimum absolute atomic E-state index is 0.0157. The van der Waals surface area contributed by atoms with Crippen molar-refractivity contribution in [3.8, 4) is 0 Å². The van der Waals surface area contributed by atoms with Crippen molar-refractivity contribution in [2.45, 2.75) is 32.0 Å². The Morgan fingerprint density at radius 2 is 1.74 bits per heavy atom. The molecule has 1 atom stereocenters. The first-order valence-electron chi connectivity index (χ1n) is 11.4. The molecule has 2 aliphatic rings. The number of nitrogens with one attached hydrogen (secondary N) is 1. The normalized spacial score (nSPS) is 19.1. The second kappa shape index (κ2) is 8.55. The van der Waals surface area contributed by atoms with Gasteiger partial charge in [0.05, 0.1) is 10.9 Å². The summed E-state index contributed by atoms with van der Waals surface area (Å²) < 4.78 is 45.2. The molecule has 1 N–H and O–H groups in total. The van der Waals surface area contributed by atoms with Gasteiger partial charge in [-0.2, -0.15) is 13.2 Å². The van der Waals surface area contributed by atoms with Crippen LogP contribution < -0.4 is 10.7 Å². The average Bonchev–Trinajstić information content (AvgIpc) is 3.55. The van der Waals surface area contributed by atoms with Gasteiger partial charge in [-0.05, 0) is 48.4 Å². The smallest absolute Gasteiger partial charge is 0.416 e. The molecule has 182 valence electrons. The molecular formula is C26H23F3N2O4. The number of hydrogen-bond donors (Lipinski definition) is 1. The topological polar surface area (TPSA) is 79.6 Å². The summed E-state index contributed by atoms with van der Waals surface area (Å²) >= 11 is 0. The predicted molar refractivity (Wildman–Crippen MR) is 121 cm³/mol. The van der Waals surface area contributed by atoms with E-state index in [0.29, 0.717) is 43.3 Å². The van der Waals surface area contributed by atoms with Gasteiger partial charge in [0.1, 0.15) is 5.58 Å². The highest BCUT2D eigenvalue weighted by Crippen LogP contribution is 2.59. The molecule has 2 aromatic carbocycles. The summed E-state index contributed by atoms with van der Waals surface area (Å²) in [5.74, 6) is -0.926. The molecule has 35 heavy (non-hydrogen) atoms. The molecule has 2 fully saturated rings. The Kier molecular flexibility index (Phi) is 5.65. The molecule has 6 nitrogen and oxygen atoms in total. The lowest BCUT2D eigenvalue weighted by Gasteiger charge is -2.32. The summed E-state index contributed by atoms with van der Waals surface area (Å²) in [5.41, 5.74) is -0.898. The van der Waals surface area contributed by atoms with Crippen molar-refractivity contribution >= 4 is 22.8 Å². The maximum atomic E-state index is 13.2. The van der Waals surface area contributed by atoms with E-state index in [9.17, 15) is 27.6 Å². The molecule has 1 aliphatic carbocycles. The van der Waals surface area contributed by atoms with E-state index in [1.54, 1.807) is 29.2 Å². The van der Waals surface area contributed by atoms with Crippen LogP contribution in [0.15, 0.2) is 63.8 Å². The summed E-state index contributed by atoms with van der Waals surface area (Å²) in [6.45, 7) is 0.638. The SMILES string of the molecule is O=C(NCc1ccccc1C(F)(F)F)C1CC12CCN(C(=O)c1cc(=O)c3ccccc3o1)CC2. The Morgan fingerprint density at radius 3 is 2.49 bits per heavy atom. The molecule has 1 aliphatic heterocycles. The van der Waals surface area contributed by atoms with Crippen molar-refractivity contribution < 1.29 is 27.2 Å². The van der Waals surface area contributed by atoms with Crippen molar-refractivity contribution in [1.82, 2.24) is 10.2 Å². The van der Waals surface area contributed by atoms with E-state index in [2.05, 4.69) is 5.32 Å². The van der Waals surface area contributed by atoms with Crippen molar-refractivity contribution in [2.75, 3.05) is 13.1 Å². The van der Waals surface area contributed by atoms with Crippen LogP contribution in [0.1, 0.15) is 40.9 Å². The van der Waals surface area contributed by atoms with E-state index >= 15 is 0 Å². The number of alkyl halides is 3. The van der Waals surface area contributed by atoms with Gasteiger partial charge in [0.15, 0.2) is 11.2 Å². The zero-order valence-corrected chi connectivity index (χ0v) is 18.7. The van der Waals surface area contributed by atoms with E-state index < -0.39 is 11.7 Å². The number of halogens is 3. The second-order valence-corrected chi connectivity index (χ2v) is 9.26. The Labute approximate surface area is 198 Å². The zero-order valence-electron chi connectivity index (χ0n) is 18.7. The largest absolute Gasteiger partial charge is 0.451 e. The van der Waals surface area contributed by atoms with E-state index in [4.69, 9.17) is 4.42 Å². The van der Waals surface area contributed by atoms with Gasteiger partial charge in [0.25, 0.3) is 5.91 Å². The van der Waals surface area contributed by atoms with Crippen LogP contribution in [-0.4, -0.2) is 29.8 Å². The maximum absolute atomic E-state index is 13.2. The van der Waals surface area contributed by atoms with Gasteiger partial charge in [-0.15, -0.1) is 0 Å². The first-order valence-corrected chi connectivity index (χ1v) is 11.4. The first-order chi connectivity index (χ1) is 16.7. The average molecular weight is 484 g/mol. The fourth-order valence-electron chi connectivity index (χ4n) is 5.05. The Hall–Kier alpha value is -3.62. The number of benzene rings is 2. The van der Waals surface area contributed by atoms with E-state index in [0.717, 1.165) is 6.07 Å². The molecule has 3 aromatic rings. The van der Waals surface area contributed by atoms with Gasteiger partial charge in [0, 0.05) is 31.6 Å². The molecule has 1 saturated heterocycles. The van der Waals surface area contributed by atoms with E-state index in [-0.39, 0.29) is 46.4 Å². The maximum Gasteiger partial charge on any atom is 0.416 e. The van der Waals surface area contributed by atoms with E-state index in [1.165, 1.54) is 24.3 Å². The highest BCUT2D eigenvalue weighted by atomic mass is 19.4. The number of rotatable bonds is 4. The molecule has 1 saturated carbocycles. The van der Waals surface area contributed by atoms with Crippen molar-refractivity contribution in [2.24, 2.45) is 11.3 Å². The standard InChI is InChI=1S/C26H23F3N2O4/c27-26(28,29)18-7-3-1-5-16(18)15-30-23(33)19-14-25(19)9-11-31(12-10-25)24(34)22-13-20(32)17-6-2-4-8-21(17)35-22/h1-8,13,19H,9-12,14-15H2,(H,30,33). The van der Waals surface area contributed by atoms with Gasteiger partial charge >= 0.3 is 6.18 Å². The van der Waals surface area contributed by atoms with Crippen molar-refractivity contribution in [3.63, 3.8) is 0 Å². The zero-order chi connectivity index (χ0) is 24.8.